The van der Waals surface area contributed by atoms with Crippen molar-refractivity contribution in [2.75, 3.05) is 7.11 Å². The molecule has 1 heterocycles. The average molecular weight is 188 g/mol. The van der Waals surface area contributed by atoms with Crippen molar-refractivity contribution in [3.63, 3.8) is 0 Å². The first-order valence-electron chi connectivity index (χ1n) is 3.91. The Morgan fingerprint density at radius 3 is 2.33 bits per heavy atom. The molecule has 1 rings (SSSR count). The van der Waals surface area contributed by atoms with Crippen molar-refractivity contribution in [1.82, 2.24) is 4.98 Å². The number of nitrogens with zero attached hydrogens (tertiary/aromatic N) is 1. The number of pyridine rings is 1. The first-order valence-corrected chi connectivity index (χ1v) is 4.28. The molecule has 0 aliphatic carbocycles. The van der Waals surface area contributed by atoms with Crippen molar-refractivity contribution in [2.45, 2.75) is 20.8 Å². The van der Waals surface area contributed by atoms with E-state index >= 15 is 0 Å². The smallest absolute Gasteiger partial charge is 0.171 e. The van der Waals surface area contributed by atoms with E-state index in [1.54, 1.807) is 13.3 Å². The van der Waals surface area contributed by atoms with Crippen molar-refractivity contribution in [3.8, 4) is 5.75 Å². The van der Waals surface area contributed by atoms with Gasteiger partial charge in [0, 0.05) is 6.20 Å². The van der Waals surface area contributed by atoms with Crippen LogP contribution in [0.1, 0.15) is 19.4 Å². The Morgan fingerprint density at radius 1 is 1.42 bits per heavy atom. The Hall–Kier alpha value is -0.760. The zero-order chi connectivity index (χ0) is 9.56. The van der Waals surface area contributed by atoms with Gasteiger partial charge in [-0.15, -0.1) is 0 Å². The van der Waals surface area contributed by atoms with Gasteiger partial charge in [-0.25, -0.2) is 4.98 Å². The molecule has 3 heteroatoms. The van der Waals surface area contributed by atoms with Crippen LogP contribution in [-0.4, -0.2) is 12.1 Å². The number of ether oxygens (including phenoxy) is 1. The first-order chi connectivity index (χ1) is 5.75. The summed E-state index contributed by atoms with van der Waals surface area (Å²) in [6, 6.07) is 1.85. The van der Waals surface area contributed by atoms with Gasteiger partial charge in [-0.2, -0.15) is 0 Å². The molecule has 0 aliphatic rings. The quantitative estimate of drug-likeness (QED) is 0.631. The predicted octanol–water partition coefficient (Wildman–Crippen LogP) is 3.08. The number of halogens is 1. The van der Waals surface area contributed by atoms with Crippen LogP contribution in [0.2, 0.25) is 5.15 Å². The lowest BCUT2D eigenvalue weighted by Crippen LogP contribution is -1.89. The van der Waals surface area contributed by atoms with E-state index < -0.39 is 0 Å². The van der Waals surface area contributed by atoms with Crippen LogP contribution < -0.4 is 4.74 Å². The van der Waals surface area contributed by atoms with Gasteiger partial charge in [-0.3, -0.25) is 0 Å². The Labute approximate surface area is 78.5 Å². The molecule has 0 bridgehead atoms. The maximum atomic E-state index is 5.69. The van der Waals surface area contributed by atoms with Crippen molar-refractivity contribution < 1.29 is 4.74 Å². The minimum absolute atomic E-state index is 0.419. The highest BCUT2D eigenvalue weighted by Crippen LogP contribution is 2.24. The largest absolute Gasteiger partial charge is 0.493 e. The van der Waals surface area contributed by atoms with Crippen molar-refractivity contribution in [2.24, 2.45) is 0 Å². The van der Waals surface area contributed by atoms with E-state index in [1.165, 1.54) is 0 Å². The lowest BCUT2D eigenvalue weighted by molar-refractivity contribution is 0.410. The zero-order valence-corrected chi connectivity index (χ0v) is 8.64. The molecule has 0 saturated carbocycles. The van der Waals surface area contributed by atoms with Crippen LogP contribution in [0.15, 0.2) is 12.3 Å². The van der Waals surface area contributed by atoms with Crippen molar-refractivity contribution in [1.29, 1.82) is 0 Å². The molecule has 2 nitrogen and oxygen atoms in total. The summed E-state index contributed by atoms with van der Waals surface area (Å²) in [6.45, 7) is 5.92. The molecule has 0 fully saturated rings. The second-order valence-corrected chi connectivity index (χ2v) is 2.31. The monoisotopic (exact) mass is 187 g/mol. The Balaban J connectivity index is 0.000000561. The third kappa shape index (κ3) is 2.70. The lowest BCUT2D eigenvalue weighted by Gasteiger charge is -2.03. The summed E-state index contributed by atoms with van der Waals surface area (Å²) in [5, 5.41) is 0.419. The maximum Gasteiger partial charge on any atom is 0.171 e. The summed E-state index contributed by atoms with van der Waals surface area (Å²) in [7, 11) is 1.58. The molecule has 0 spiro atoms. The first kappa shape index (κ1) is 11.2. The van der Waals surface area contributed by atoms with Crippen LogP contribution in [0.25, 0.3) is 0 Å². The minimum Gasteiger partial charge on any atom is -0.493 e. The third-order valence-corrected chi connectivity index (χ3v) is 1.53. The zero-order valence-electron chi connectivity index (χ0n) is 7.89. The van der Waals surface area contributed by atoms with Crippen LogP contribution >= 0.6 is 11.6 Å². The fourth-order valence-electron chi connectivity index (χ4n) is 0.757. The second kappa shape index (κ2) is 5.84. The number of aromatic nitrogens is 1. The molecule has 0 atom stereocenters. The standard InChI is InChI=1S/C7H8ClNO.C2H6/c1-5-3-4-9-7(8)6(5)10-2;1-2/h3-4H,1-2H3;1-2H3. The van der Waals surface area contributed by atoms with E-state index in [4.69, 9.17) is 16.3 Å². The Kier molecular flexibility index (Phi) is 5.47. The highest BCUT2D eigenvalue weighted by Gasteiger charge is 2.02. The van der Waals surface area contributed by atoms with Crippen LogP contribution in [0.3, 0.4) is 0 Å². The van der Waals surface area contributed by atoms with Crippen molar-refractivity contribution in [3.05, 3.63) is 23.0 Å². The number of methoxy groups -OCH3 is 1. The highest BCUT2D eigenvalue weighted by molar-refractivity contribution is 6.30. The molecule has 0 aliphatic heterocycles. The summed E-state index contributed by atoms with van der Waals surface area (Å²) < 4.78 is 4.98. The van der Waals surface area contributed by atoms with E-state index in [2.05, 4.69) is 4.98 Å². The molecule has 0 radical (unpaired) electrons. The molecule has 68 valence electrons. The van der Waals surface area contributed by atoms with Gasteiger partial charge in [0.05, 0.1) is 7.11 Å². The molecular formula is C9H14ClNO. The summed E-state index contributed by atoms with van der Waals surface area (Å²) >= 11 is 5.69. The van der Waals surface area contributed by atoms with Gasteiger partial charge in [0.2, 0.25) is 0 Å². The molecular weight excluding hydrogens is 174 g/mol. The van der Waals surface area contributed by atoms with Crippen LogP contribution in [-0.2, 0) is 0 Å². The predicted molar refractivity (Wildman–Crippen MR) is 51.9 cm³/mol. The minimum atomic E-state index is 0.419. The van der Waals surface area contributed by atoms with Gasteiger partial charge in [0.15, 0.2) is 10.9 Å². The van der Waals surface area contributed by atoms with Crippen LogP contribution in [0.5, 0.6) is 5.75 Å². The van der Waals surface area contributed by atoms with E-state index in [1.807, 2.05) is 26.8 Å². The topological polar surface area (TPSA) is 22.1 Å². The summed E-state index contributed by atoms with van der Waals surface area (Å²) in [5.41, 5.74) is 1.00. The maximum absolute atomic E-state index is 5.69. The molecule has 0 saturated heterocycles. The number of hydrogen-bond donors (Lipinski definition) is 0. The summed E-state index contributed by atoms with van der Waals surface area (Å²) in [5.74, 6) is 0.657. The molecule has 0 amide bonds. The second-order valence-electron chi connectivity index (χ2n) is 1.95. The van der Waals surface area contributed by atoms with E-state index in [0.717, 1.165) is 5.56 Å². The molecule has 0 aromatic carbocycles. The SMILES string of the molecule is CC.COc1c(C)ccnc1Cl. The normalized spacial score (nSPS) is 8.42. The fourth-order valence-corrected chi connectivity index (χ4v) is 1.04. The van der Waals surface area contributed by atoms with Crippen LogP contribution in [0, 0.1) is 6.92 Å². The third-order valence-electron chi connectivity index (χ3n) is 1.26. The van der Waals surface area contributed by atoms with Gasteiger partial charge >= 0.3 is 0 Å². The Bertz CT molecular complexity index is 218. The number of hydrogen-bond acceptors (Lipinski definition) is 2. The number of aryl methyl sites for hydroxylation is 1. The Morgan fingerprint density at radius 2 is 2.00 bits per heavy atom. The lowest BCUT2D eigenvalue weighted by atomic mass is 10.3. The fraction of sp³-hybridized carbons (Fsp3) is 0.444. The van der Waals surface area contributed by atoms with E-state index in [0.29, 0.717) is 10.9 Å². The molecule has 1 aromatic rings. The highest BCUT2D eigenvalue weighted by atomic mass is 35.5. The van der Waals surface area contributed by atoms with Crippen molar-refractivity contribution >= 4 is 11.6 Å². The average Bonchev–Trinajstić information content (AvgIpc) is 2.08. The summed E-state index contributed by atoms with van der Waals surface area (Å²) in [6.07, 6.45) is 1.65. The molecule has 1 aromatic heterocycles. The van der Waals surface area contributed by atoms with Gasteiger partial charge in [0.1, 0.15) is 0 Å². The molecule has 0 N–H and O–H groups in total. The van der Waals surface area contributed by atoms with E-state index in [9.17, 15) is 0 Å². The summed E-state index contributed by atoms with van der Waals surface area (Å²) in [4.78, 5) is 3.85. The van der Waals surface area contributed by atoms with Gasteiger partial charge in [-0.1, -0.05) is 25.4 Å². The molecule has 12 heavy (non-hydrogen) atoms. The van der Waals surface area contributed by atoms with Gasteiger partial charge < -0.3 is 4.74 Å². The number of rotatable bonds is 1. The van der Waals surface area contributed by atoms with Gasteiger partial charge in [0.25, 0.3) is 0 Å². The van der Waals surface area contributed by atoms with E-state index in [-0.39, 0.29) is 0 Å². The van der Waals surface area contributed by atoms with Crippen LogP contribution in [0.4, 0.5) is 0 Å². The molecule has 0 unspecified atom stereocenters. The van der Waals surface area contributed by atoms with Gasteiger partial charge in [-0.05, 0) is 18.6 Å².